The second kappa shape index (κ2) is 6.46. The Morgan fingerprint density at radius 1 is 1.48 bits per heavy atom. The van der Waals surface area contributed by atoms with E-state index in [-0.39, 0.29) is 15.8 Å². The largest absolute Gasteiger partial charge is 0.465 e. The number of sulfonamides is 1. The van der Waals surface area contributed by atoms with Crippen molar-refractivity contribution in [1.82, 2.24) is 4.31 Å². The molecule has 0 bridgehead atoms. The molecule has 2 rings (SSSR count). The molecule has 0 amide bonds. The molecule has 1 aliphatic carbocycles. The van der Waals surface area contributed by atoms with Gasteiger partial charge in [-0.1, -0.05) is 13.3 Å². The number of hydrogen-bond donors (Lipinski definition) is 0. The van der Waals surface area contributed by atoms with Crippen LogP contribution in [0.5, 0.6) is 0 Å². The molecule has 0 N–H and O–H groups in total. The van der Waals surface area contributed by atoms with Gasteiger partial charge in [0, 0.05) is 12.6 Å². The second-order valence-electron chi connectivity index (χ2n) is 5.27. The van der Waals surface area contributed by atoms with Crippen LogP contribution in [-0.2, 0) is 14.8 Å². The highest BCUT2D eigenvalue weighted by molar-refractivity contribution is 7.89. The van der Waals surface area contributed by atoms with Crippen molar-refractivity contribution in [2.45, 2.75) is 50.5 Å². The molecule has 0 atom stereocenters. The first-order chi connectivity index (χ1) is 9.93. The van der Waals surface area contributed by atoms with Crippen LogP contribution in [0.4, 0.5) is 0 Å². The van der Waals surface area contributed by atoms with Crippen LogP contribution in [0, 0.1) is 6.92 Å². The van der Waals surface area contributed by atoms with E-state index in [0.717, 1.165) is 37.0 Å². The molecule has 1 aromatic rings. The van der Waals surface area contributed by atoms with Crippen molar-refractivity contribution in [2.75, 3.05) is 13.7 Å². The SMILES string of the molecule is CCCCN(C1CC1)S(=O)(=O)c1c(C)csc1C(=O)OC. The van der Waals surface area contributed by atoms with E-state index in [9.17, 15) is 13.2 Å². The van der Waals surface area contributed by atoms with Crippen LogP contribution in [-0.4, -0.2) is 38.4 Å². The monoisotopic (exact) mass is 331 g/mol. The quantitative estimate of drug-likeness (QED) is 0.721. The zero-order chi connectivity index (χ0) is 15.6. The van der Waals surface area contributed by atoms with Crippen molar-refractivity contribution in [2.24, 2.45) is 0 Å². The van der Waals surface area contributed by atoms with Gasteiger partial charge in [0.2, 0.25) is 10.0 Å². The fraction of sp³-hybridized carbons (Fsp3) is 0.643. The number of hydrogen-bond acceptors (Lipinski definition) is 5. The Kier molecular flexibility index (Phi) is 5.06. The van der Waals surface area contributed by atoms with Gasteiger partial charge in [0.15, 0.2) is 0 Å². The summed E-state index contributed by atoms with van der Waals surface area (Å²) in [7, 11) is -2.37. The minimum Gasteiger partial charge on any atom is -0.465 e. The van der Waals surface area contributed by atoms with Crippen LogP contribution in [0.2, 0.25) is 0 Å². The van der Waals surface area contributed by atoms with Crippen LogP contribution >= 0.6 is 11.3 Å². The van der Waals surface area contributed by atoms with E-state index in [1.807, 2.05) is 6.92 Å². The molecule has 5 nitrogen and oxygen atoms in total. The van der Waals surface area contributed by atoms with E-state index < -0.39 is 16.0 Å². The number of esters is 1. The maximum absolute atomic E-state index is 13.0. The number of ether oxygens (including phenoxy) is 1. The molecule has 1 heterocycles. The van der Waals surface area contributed by atoms with Crippen molar-refractivity contribution in [3.05, 3.63) is 15.8 Å². The van der Waals surface area contributed by atoms with Gasteiger partial charge in [0.05, 0.1) is 7.11 Å². The van der Waals surface area contributed by atoms with Gasteiger partial charge in [-0.3, -0.25) is 0 Å². The smallest absolute Gasteiger partial charge is 0.349 e. The first-order valence-electron chi connectivity index (χ1n) is 7.11. The summed E-state index contributed by atoms with van der Waals surface area (Å²) in [4.78, 5) is 12.1. The number of aryl methyl sites for hydroxylation is 1. The standard InChI is InChI=1S/C14H21NO4S2/c1-4-5-8-15(11-6-7-11)21(17,18)13-10(2)9-20-12(13)14(16)19-3/h9,11H,4-8H2,1-3H3. The van der Waals surface area contributed by atoms with Gasteiger partial charge in [0.25, 0.3) is 0 Å². The second-order valence-corrected chi connectivity index (χ2v) is 7.98. The summed E-state index contributed by atoms with van der Waals surface area (Å²) in [5.74, 6) is -0.585. The van der Waals surface area contributed by atoms with Gasteiger partial charge in [0.1, 0.15) is 9.77 Å². The zero-order valence-electron chi connectivity index (χ0n) is 12.6. The fourth-order valence-corrected chi connectivity index (χ4v) is 5.67. The molecule has 1 fully saturated rings. The van der Waals surface area contributed by atoms with Crippen molar-refractivity contribution >= 4 is 27.3 Å². The van der Waals surface area contributed by atoms with E-state index in [4.69, 9.17) is 4.74 Å². The Labute approximate surface area is 130 Å². The molecule has 118 valence electrons. The van der Waals surface area contributed by atoms with Gasteiger partial charge < -0.3 is 4.74 Å². The Hall–Kier alpha value is -0.920. The summed E-state index contributed by atoms with van der Waals surface area (Å²) in [6.07, 6.45) is 3.57. The first-order valence-corrected chi connectivity index (χ1v) is 9.43. The minimum atomic E-state index is -3.64. The number of unbranched alkanes of at least 4 members (excludes halogenated alkanes) is 1. The van der Waals surface area contributed by atoms with Crippen molar-refractivity contribution in [3.63, 3.8) is 0 Å². The lowest BCUT2D eigenvalue weighted by molar-refractivity contribution is 0.0602. The van der Waals surface area contributed by atoms with Gasteiger partial charge >= 0.3 is 5.97 Å². The molecule has 7 heteroatoms. The van der Waals surface area contributed by atoms with E-state index >= 15 is 0 Å². The zero-order valence-corrected chi connectivity index (χ0v) is 14.2. The molecule has 0 aromatic carbocycles. The number of thiophene rings is 1. The molecule has 1 aliphatic rings. The van der Waals surface area contributed by atoms with E-state index in [1.165, 1.54) is 7.11 Å². The summed E-state index contributed by atoms with van der Waals surface area (Å²) in [6, 6.07) is 0.0892. The molecule has 0 spiro atoms. The van der Waals surface area contributed by atoms with Crippen molar-refractivity contribution in [3.8, 4) is 0 Å². The van der Waals surface area contributed by atoms with E-state index in [2.05, 4.69) is 0 Å². The summed E-state index contributed by atoms with van der Waals surface area (Å²) < 4.78 is 32.2. The third-order valence-corrected chi connectivity index (χ3v) is 6.89. The predicted octanol–water partition coefficient (Wildman–Crippen LogP) is 2.80. The summed E-state index contributed by atoms with van der Waals surface area (Å²) >= 11 is 1.13. The van der Waals surface area contributed by atoms with Crippen LogP contribution in [0.1, 0.15) is 47.8 Å². The summed E-state index contributed by atoms with van der Waals surface area (Å²) in [5, 5.41) is 1.70. The fourth-order valence-electron chi connectivity index (χ4n) is 2.28. The molecule has 0 radical (unpaired) electrons. The lowest BCUT2D eigenvalue weighted by Gasteiger charge is -2.22. The Balaban J connectivity index is 2.42. The maximum atomic E-state index is 13.0. The molecular weight excluding hydrogens is 310 g/mol. The Morgan fingerprint density at radius 2 is 2.14 bits per heavy atom. The van der Waals surface area contributed by atoms with Gasteiger partial charge in [-0.2, -0.15) is 4.31 Å². The molecule has 0 aliphatic heterocycles. The van der Waals surface area contributed by atoms with Gasteiger partial charge in [-0.05, 0) is 37.1 Å². The highest BCUT2D eigenvalue weighted by Crippen LogP contribution is 2.36. The van der Waals surface area contributed by atoms with Crippen LogP contribution in [0.15, 0.2) is 10.3 Å². The normalized spacial score (nSPS) is 15.4. The minimum absolute atomic E-state index is 0.0892. The Morgan fingerprint density at radius 3 is 2.67 bits per heavy atom. The number of carbonyl (C=O) groups is 1. The van der Waals surface area contributed by atoms with Crippen LogP contribution < -0.4 is 0 Å². The Bertz CT molecular complexity index is 617. The number of nitrogens with zero attached hydrogens (tertiary/aromatic N) is 1. The number of carbonyl (C=O) groups excluding carboxylic acids is 1. The lowest BCUT2D eigenvalue weighted by atomic mass is 10.3. The third kappa shape index (κ3) is 3.30. The lowest BCUT2D eigenvalue weighted by Crippen LogP contribution is -2.35. The van der Waals surface area contributed by atoms with Gasteiger partial charge in [-0.15, -0.1) is 11.3 Å². The van der Waals surface area contributed by atoms with Crippen LogP contribution in [0.25, 0.3) is 0 Å². The molecule has 0 saturated heterocycles. The van der Waals surface area contributed by atoms with Crippen LogP contribution in [0.3, 0.4) is 0 Å². The predicted molar refractivity (Wildman–Crippen MR) is 82.2 cm³/mol. The number of methoxy groups -OCH3 is 1. The molecular formula is C14H21NO4S2. The highest BCUT2D eigenvalue weighted by atomic mass is 32.2. The highest BCUT2D eigenvalue weighted by Gasteiger charge is 2.40. The molecule has 1 aromatic heterocycles. The summed E-state index contributed by atoms with van der Waals surface area (Å²) in [6.45, 7) is 4.27. The molecule has 0 unspecified atom stereocenters. The average molecular weight is 331 g/mol. The number of rotatable bonds is 7. The van der Waals surface area contributed by atoms with Crippen molar-refractivity contribution in [1.29, 1.82) is 0 Å². The third-order valence-electron chi connectivity index (χ3n) is 3.54. The maximum Gasteiger partial charge on any atom is 0.349 e. The molecule has 21 heavy (non-hydrogen) atoms. The van der Waals surface area contributed by atoms with E-state index in [0.29, 0.717) is 12.1 Å². The first kappa shape index (κ1) is 16.5. The molecule has 1 saturated carbocycles. The average Bonchev–Trinajstić information content (AvgIpc) is 3.19. The van der Waals surface area contributed by atoms with Crippen molar-refractivity contribution < 1.29 is 17.9 Å². The topological polar surface area (TPSA) is 63.7 Å². The van der Waals surface area contributed by atoms with Gasteiger partial charge in [-0.25, -0.2) is 13.2 Å². The van der Waals surface area contributed by atoms with E-state index in [1.54, 1.807) is 16.6 Å². The summed E-state index contributed by atoms with van der Waals surface area (Å²) in [5.41, 5.74) is 0.613.